The minimum atomic E-state index is -3.09. The molecule has 0 saturated carbocycles. The van der Waals surface area contributed by atoms with Crippen LogP contribution in [0.3, 0.4) is 0 Å². The van der Waals surface area contributed by atoms with E-state index >= 15 is 0 Å². The van der Waals surface area contributed by atoms with E-state index in [-0.39, 0.29) is 55.1 Å². The van der Waals surface area contributed by atoms with E-state index in [0.29, 0.717) is 5.69 Å². The number of aryl methyl sites for hydroxylation is 1. The SMILES string of the molecule is CCCCc1ccc(N2CC(C(=O)Nc3ccc(F)c(N4CCS(=O)(=O)CC4)c3)CC2=O)cc1. The van der Waals surface area contributed by atoms with E-state index in [1.165, 1.54) is 23.8 Å². The number of halogens is 1. The van der Waals surface area contributed by atoms with Crippen LogP contribution in [0.25, 0.3) is 0 Å². The van der Waals surface area contributed by atoms with Gasteiger partial charge in [0, 0.05) is 37.4 Å². The molecule has 0 spiro atoms. The fourth-order valence-electron chi connectivity index (χ4n) is 4.39. The molecule has 0 bridgehead atoms. The molecule has 182 valence electrons. The van der Waals surface area contributed by atoms with Crippen LogP contribution in [0, 0.1) is 11.7 Å². The molecule has 0 aromatic heterocycles. The summed E-state index contributed by atoms with van der Waals surface area (Å²) in [5, 5.41) is 2.80. The number of carbonyl (C=O) groups is 2. The first-order chi connectivity index (χ1) is 16.3. The Morgan fingerprint density at radius 1 is 1.12 bits per heavy atom. The molecular weight excluding hydrogens is 457 g/mol. The molecule has 1 unspecified atom stereocenters. The molecular formula is C25H30FN3O4S. The van der Waals surface area contributed by atoms with Gasteiger partial charge in [0.1, 0.15) is 5.82 Å². The largest absolute Gasteiger partial charge is 0.367 e. The molecule has 2 aliphatic rings. The van der Waals surface area contributed by atoms with Gasteiger partial charge >= 0.3 is 0 Å². The van der Waals surface area contributed by atoms with Crippen LogP contribution >= 0.6 is 0 Å². The highest BCUT2D eigenvalue weighted by Gasteiger charge is 2.35. The maximum atomic E-state index is 14.4. The lowest BCUT2D eigenvalue weighted by molar-refractivity contribution is -0.122. The summed E-state index contributed by atoms with van der Waals surface area (Å²) < 4.78 is 37.8. The molecule has 9 heteroatoms. The van der Waals surface area contributed by atoms with E-state index in [1.807, 2.05) is 24.3 Å². The molecule has 4 rings (SSSR count). The van der Waals surface area contributed by atoms with Gasteiger partial charge in [0.2, 0.25) is 11.8 Å². The molecule has 2 saturated heterocycles. The van der Waals surface area contributed by atoms with Crippen molar-refractivity contribution in [3.63, 3.8) is 0 Å². The van der Waals surface area contributed by atoms with Gasteiger partial charge in [-0.15, -0.1) is 0 Å². The Kier molecular flexibility index (Phi) is 7.21. The van der Waals surface area contributed by atoms with Crippen molar-refractivity contribution in [1.29, 1.82) is 0 Å². The van der Waals surface area contributed by atoms with E-state index in [2.05, 4.69) is 12.2 Å². The van der Waals surface area contributed by atoms with Crippen LogP contribution in [0.1, 0.15) is 31.7 Å². The fourth-order valence-corrected chi connectivity index (χ4v) is 5.59. The summed E-state index contributed by atoms with van der Waals surface area (Å²) in [4.78, 5) is 28.8. The van der Waals surface area contributed by atoms with Gasteiger partial charge in [-0.3, -0.25) is 9.59 Å². The van der Waals surface area contributed by atoms with Crippen molar-refractivity contribution in [3.05, 3.63) is 53.8 Å². The van der Waals surface area contributed by atoms with E-state index in [9.17, 15) is 22.4 Å². The molecule has 2 amide bonds. The minimum absolute atomic E-state index is 0.0252. The number of unbranched alkanes of at least 4 members (excludes halogenated alkanes) is 1. The Morgan fingerprint density at radius 3 is 2.50 bits per heavy atom. The Hall–Kier alpha value is -2.94. The van der Waals surface area contributed by atoms with Crippen LogP contribution in [-0.2, 0) is 25.8 Å². The third-order valence-corrected chi connectivity index (χ3v) is 8.07. The first-order valence-electron chi connectivity index (χ1n) is 11.7. The number of sulfone groups is 1. The summed E-state index contributed by atoms with van der Waals surface area (Å²) in [6, 6.07) is 12.2. The molecule has 7 nitrogen and oxygen atoms in total. The van der Waals surface area contributed by atoms with Gasteiger partial charge in [0.15, 0.2) is 9.84 Å². The first kappa shape index (κ1) is 24.2. The van der Waals surface area contributed by atoms with Gasteiger partial charge in [-0.25, -0.2) is 12.8 Å². The smallest absolute Gasteiger partial charge is 0.229 e. The minimum Gasteiger partial charge on any atom is -0.367 e. The summed E-state index contributed by atoms with van der Waals surface area (Å²) in [6.45, 7) is 2.85. The number of benzene rings is 2. The van der Waals surface area contributed by atoms with Gasteiger partial charge < -0.3 is 15.1 Å². The highest BCUT2D eigenvalue weighted by atomic mass is 32.2. The highest BCUT2D eigenvalue weighted by Crippen LogP contribution is 2.29. The van der Waals surface area contributed by atoms with Crippen LogP contribution in [0.2, 0.25) is 0 Å². The molecule has 2 aromatic rings. The average Bonchev–Trinajstić information content (AvgIpc) is 3.21. The average molecular weight is 488 g/mol. The Bertz CT molecular complexity index is 1150. The monoisotopic (exact) mass is 487 g/mol. The summed E-state index contributed by atoms with van der Waals surface area (Å²) in [7, 11) is -3.09. The van der Waals surface area contributed by atoms with Gasteiger partial charge in [-0.2, -0.15) is 0 Å². The zero-order valence-electron chi connectivity index (χ0n) is 19.3. The van der Waals surface area contributed by atoms with E-state index < -0.39 is 21.6 Å². The molecule has 34 heavy (non-hydrogen) atoms. The van der Waals surface area contributed by atoms with Crippen molar-refractivity contribution in [2.45, 2.75) is 32.6 Å². The Balaban J connectivity index is 1.40. The van der Waals surface area contributed by atoms with E-state index in [1.54, 1.807) is 9.80 Å². The number of rotatable bonds is 7. The number of amides is 2. The highest BCUT2D eigenvalue weighted by molar-refractivity contribution is 7.91. The van der Waals surface area contributed by atoms with Crippen molar-refractivity contribution in [2.75, 3.05) is 46.3 Å². The standard InChI is InChI=1S/C25H30FN3O4S/c1-2-3-4-18-5-8-21(9-6-18)29-17-19(15-24(29)30)25(31)27-20-7-10-22(26)23(16-20)28-11-13-34(32,33)14-12-28/h5-10,16,19H,2-4,11-15,17H2,1H3,(H,27,31). The zero-order chi connectivity index (χ0) is 24.3. The Morgan fingerprint density at radius 2 is 1.82 bits per heavy atom. The summed E-state index contributed by atoms with van der Waals surface area (Å²) >= 11 is 0. The summed E-state index contributed by atoms with van der Waals surface area (Å²) in [5.41, 5.74) is 2.69. The molecule has 1 N–H and O–H groups in total. The van der Waals surface area contributed by atoms with Crippen LogP contribution < -0.4 is 15.1 Å². The molecule has 2 aliphatic heterocycles. The molecule has 0 aliphatic carbocycles. The first-order valence-corrected chi connectivity index (χ1v) is 13.5. The van der Waals surface area contributed by atoms with Crippen molar-refractivity contribution in [1.82, 2.24) is 0 Å². The maximum absolute atomic E-state index is 14.4. The second kappa shape index (κ2) is 10.1. The molecule has 2 aromatic carbocycles. The third kappa shape index (κ3) is 5.58. The Labute approximate surface area is 199 Å². The zero-order valence-corrected chi connectivity index (χ0v) is 20.1. The summed E-state index contributed by atoms with van der Waals surface area (Å²) in [5.74, 6) is -1.43. The van der Waals surface area contributed by atoms with Gasteiger partial charge in [-0.05, 0) is 48.7 Å². The van der Waals surface area contributed by atoms with Crippen LogP contribution in [0.15, 0.2) is 42.5 Å². The maximum Gasteiger partial charge on any atom is 0.229 e. The summed E-state index contributed by atoms with van der Waals surface area (Å²) in [6.07, 6.45) is 3.36. The van der Waals surface area contributed by atoms with Crippen molar-refractivity contribution < 1.29 is 22.4 Å². The number of hydrogen-bond donors (Lipinski definition) is 1. The number of carbonyl (C=O) groups excluding carboxylic acids is 2. The van der Waals surface area contributed by atoms with Crippen molar-refractivity contribution in [2.24, 2.45) is 5.92 Å². The second-order valence-corrected chi connectivity index (χ2v) is 11.3. The van der Waals surface area contributed by atoms with Gasteiger partial charge in [0.25, 0.3) is 0 Å². The lowest BCUT2D eigenvalue weighted by Crippen LogP contribution is -2.40. The lowest BCUT2D eigenvalue weighted by Gasteiger charge is -2.29. The quantitative estimate of drug-likeness (QED) is 0.647. The van der Waals surface area contributed by atoms with Crippen molar-refractivity contribution >= 4 is 38.7 Å². The predicted molar refractivity (Wildman–Crippen MR) is 131 cm³/mol. The van der Waals surface area contributed by atoms with Crippen molar-refractivity contribution in [3.8, 4) is 0 Å². The molecule has 2 fully saturated rings. The number of hydrogen-bond acceptors (Lipinski definition) is 5. The number of anilines is 3. The molecule has 1 atom stereocenters. The normalized spacial score (nSPS) is 19.9. The molecule has 2 heterocycles. The second-order valence-electron chi connectivity index (χ2n) is 8.97. The van der Waals surface area contributed by atoms with Gasteiger partial charge in [0.05, 0.1) is 23.1 Å². The van der Waals surface area contributed by atoms with Crippen LogP contribution in [0.5, 0.6) is 0 Å². The molecule has 0 radical (unpaired) electrons. The number of nitrogens with one attached hydrogen (secondary N) is 1. The third-order valence-electron chi connectivity index (χ3n) is 6.46. The fraction of sp³-hybridized carbons (Fsp3) is 0.440. The van der Waals surface area contributed by atoms with Gasteiger partial charge in [-0.1, -0.05) is 25.5 Å². The van der Waals surface area contributed by atoms with Crippen LogP contribution in [-0.4, -0.2) is 51.4 Å². The topological polar surface area (TPSA) is 86.8 Å². The predicted octanol–water partition coefficient (Wildman–Crippen LogP) is 3.39. The van der Waals surface area contributed by atoms with Crippen LogP contribution in [0.4, 0.5) is 21.5 Å². The van der Waals surface area contributed by atoms with E-state index in [4.69, 9.17) is 0 Å². The lowest BCUT2D eigenvalue weighted by atomic mass is 10.1. The van der Waals surface area contributed by atoms with E-state index in [0.717, 1.165) is 24.9 Å². The number of nitrogens with zero attached hydrogens (tertiary/aromatic N) is 2.